The van der Waals surface area contributed by atoms with E-state index in [2.05, 4.69) is 95.4 Å². The molecule has 1 fully saturated rings. The van der Waals surface area contributed by atoms with Crippen LogP contribution in [-0.2, 0) is 17.9 Å². The van der Waals surface area contributed by atoms with E-state index in [4.69, 9.17) is 0 Å². The molecule has 4 heteroatoms. The molecule has 1 aliphatic heterocycles. The SMILES string of the molecule is Cc1cccc(Cn2c(CN3CCC(C(=O)N[C@H](C)c4ccccc4)CC3)cc3ccccc32)c1. The molecular formula is C31H35N3O. The number of carbonyl (C=O) groups is 1. The molecule has 0 radical (unpaired) electrons. The van der Waals surface area contributed by atoms with Crippen molar-refractivity contribution in [2.75, 3.05) is 13.1 Å². The van der Waals surface area contributed by atoms with Gasteiger partial charge in [-0.25, -0.2) is 0 Å². The topological polar surface area (TPSA) is 37.3 Å². The van der Waals surface area contributed by atoms with Crippen LogP contribution in [0.3, 0.4) is 0 Å². The van der Waals surface area contributed by atoms with Gasteiger partial charge in [0.05, 0.1) is 6.04 Å². The molecule has 0 unspecified atom stereocenters. The fraction of sp³-hybridized carbons (Fsp3) is 0.323. The maximum Gasteiger partial charge on any atom is 0.223 e. The second kappa shape index (κ2) is 10.5. The number of nitrogens with zero attached hydrogens (tertiary/aromatic N) is 2. The lowest BCUT2D eigenvalue weighted by atomic mass is 9.95. The first kappa shape index (κ1) is 23.4. The highest BCUT2D eigenvalue weighted by Crippen LogP contribution is 2.26. The average molecular weight is 466 g/mol. The first-order valence-electron chi connectivity index (χ1n) is 12.8. The zero-order chi connectivity index (χ0) is 24.2. The van der Waals surface area contributed by atoms with Crippen LogP contribution in [0.25, 0.3) is 10.9 Å². The molecular weight excluding hydrogens is 430 g/mol. The molecule has 1 amide bonds. The summed E-state index contributed by atoms with van der Waals surface area (Å²) in [4.78, 5) is 15.4. The van der Waals surface area contributed by atoms with Gasteiger partial charge in [0.1, 0.15) is 0 Å². The van der Waals surface area contributed by atoms with Crippen molar-refractivity contribution in [3.8, 4) is 0 Å². The van der Waals surface area contributed by atoms with E-state index in [0.29, 0.717) is 0 Å². The van der Waals surface area contributed by atoms with Crippen molar-refractivity contribution in [1.29, 1.82) is 0 Å². The first-order chi connectivity index (χ1) is 17.1. The van der Waals surface area contributed by atoms with Gasteiger partial charge in [0.15, 0.2) is 0 Å². The fourth-order valence-corrected chi connectivity index (χ4v) is 5.32. The molecule has 0 bridgehead atoms. The summed E-state index contributed by atoms with van der Waals surface area (Å²) in [5.74, 6) is 0.283. The van der Waals surface area contributed by atoms with Gasteiger partial charge in [-0.1, -0.05) is 78.4 Å². The number of carbonyl (C=O) groups excluding carboxylic acids is 1. The molecule has 2 heterocycles. The number of benzene rings is 3. The second-order valence-corrected chi connectivity index (χ2v) is 9.96. The largest absolute Gasteiger partial charge is 0.349 e. The van der Waals surface area contributed by atoms with Crippen molar-refractivity contribution in [1.82, 2.24) is 14.8 Å². The van der Waals surface area contributed by atoms with Gasteiger partial charge in [-0.2, -0.15) is 0 Å². The Morgan fingerprint density at radius 2 is 1.66 bits per heavy atom. The maximum absolute atomic E-state index is 12.9. The third-order valence-electron chi connectivity index (χ3n) is 7.32. The minimum absolute atomic E-state index is 0.0408. The number of nitrogens with one attached hydrogen (secondary N) is 1. The summed E-state index contributed by atoms with van der Waals surface area (Å²) in [6.07, 6.45) is 1.82. The van der Waals surface area contributed by atoms with Gasteiger partial charge in [-0.05, 0) is 68.4 Å². The quantitative estimate of drug-likeness (QED) is 0.359. The standard InChI is InChI=1S/C31H35N3O/c1-23-9-8-10-25(19-23)21-34-29(20-28-13-6-7-14-30(28)34)22-33-17-15-27(16-18-33)31(35)32-24(2)26-11-4-3-5-12-26/h3-14,19-20,24,27H,15-18,21-22H2,1-2H3,(H,32,35)/t24-/m1/s1. The summed E-state index contributed by atoms with van der Waals surface area (Å²) in [5, 5.41) is 4.52. The molecule has 1 atom stereocenters. The molecule has 4 aromatic rings. The van der Waals surface area contributed by atoms with E-state index in [-0.39, 0.29) is 17.9 Å². The summed E-state index contributed by atoms with van der Waals surface area (Å²) < 4.78 is 2.46. The number of piperidine rings is 1. The Hall–Kier alpha value is -3.37. The highest BCUT2D eigenvalue weighted by Gasteiger charge is 2.26. The Labute approximate surface area is 208 Å². The van der Waals surface area contributed by atoms with Gasteiger partial charge in [0.25, 0.3) is 0 Å². The van der Waals surface area contributed by atoms with E-state index in [1.54, 1.807) is 0 Å². The van der Waals surface area contributed by atoms with E-state index >= 15 is 0 Å². The van der Waals surface area contributed by atoms with Crippen LogP contribution in [0.5, 0.6) is 0 Å². The monoisotopic (exact) mass is 465 g/mol. The number of aryl methyl sites for hydroxylation is 1. The Kier molecular flexibility index (Phi) is 7.01. The summed E-state index contributed by atoms with van der Waals surface area (Å²) in [6.45, 7) is 7.90. The summed E-state index contributed by atoms with van der Waals surface area (Å²) in [5.41, 5.74) is 6.40. The fourth-order valence-electron chi connectivity index (χ4n) is 5.32. The van der Waals surface area contributed by atoms with Crippen molar-refractivity contribution in [3.05, 3.63) is 107 Å². The summed E-state index contributed by atoms with van der Waals surface area (Å²) in [7, 11) is 0. The summed E-state index contributed by atoms with van der Waals surface area (Å²) >= 11 is 0. The molecule has 4 nitrogen and oxygen atoms in total. The minimum Gasteiger partial charge on any atom is -0.349 e. The Bertz CT molecular complexity index is 1290. The van der Waals surface area contributed by atoms with Crippen LogP contribution >= 0.6 is 0 Å². The highest BCUT2D eigenvalue weighted by atomic mass is 16.1. The number of likely N-dealkylation sites (tertiary alicyclic amines) is 1. The zero-order valence-electron chi connectivity index (χ0n) is 20.8. The predicted octanol–water partition coefficient (Wildman–Crippen LogP) is 6.09. The van der Waals surface area contributed by atoms with Gasteiger partial charge in [0, 0.05) is 30.2 Å². The Morgan fingerprint density at radius 3 is 2.43 bits per heavy atom. The number of para-hydroxylation sites is 1. The van der Waals surface area contributed by atoms with Crippen LogP contribution in [-0.4, -0.2) is 28.5 Å². The second-order valence-electron chi connectivity index (χ2n) is 9.96. The van der Waals surface area contributed by atoms with Crippen molar-refractivity contribution in [2.45, 2.75) is 45.8 Å². The van der Waals surface area contributed by atoms with E-state index < -0.39 is 0 Å². The number of aromatic nitrogens is 1. The Morgan fingerprint density at radius 1 is 0.914 bits per heavy atom. The maximum atomic E-state index is 12.9. The molecule has 0 aliphatic carbocycles. The highest BCUT2D eigenvalue weighted by molar-refractivity contribution is 5.81. The molecule has 0 spiro atoms. The molecule has 35 heavy (non-hydrogen) atoms. The number of amides is 1. The minimum atomic E-state index is 0.0408. The lowest BCUT2D eigenvalue weighted by Gasteiger charge is -2.32. The van der Waals surface area contributed by atoms with E-state index in [1.807, 2.05) is 18.2 Å². The van der Waals surface area contributed by atoms with Crippen molar-refractivity contribution >= 4 is 16.8 Å². The molecule has 1 aromatic heterocycles. The average Bonchev–Trinajstić information content (AvgIpc) is 3.21. The Balaban J connectivity index is 1.24. The number of hydrogen-bond acceptors (Lipinski definition) is 2. The number of hydrogen-bond donors (Lipinski definition) is 1. The van der Waals surface area contributed by atoms with Gasteiger partial charge >= 0.3 is 0 Å². The third-order valence-corrected chi connectivity index (χ3v) is 7.32. The van der Waals surface area contributed by atoms with E-state index in [0.717, 1.165) is 44.6 Å². The van der Waals surface area contributed by atoms with Crippen LogP contribution < -0.4 is 5.32 Å². The molecule has 180 valence electrons. The van der Waals surface area contributed by atoms with Crippen LogP contribution in [0, 0.1) is 12.8 Å². The predicted molar refractivity (Wildman–Crippen MR) is 143 cm³/mol. The van der Waals surface area contributed by atoms with Crippen LogP contribution in [0.15, 0.2) is 84.9 Å². The first-order valence-corrected chi connectivity index (χ1v) is 12.8. The smallest absolute Gasteiger partial charge is 0.223 e. The van der Waals surface area contributed by atoms with Crippen LogP contribution in [0.4, 0.5) is 0 Å². The van der Waals surface area contributed by atoms with Crippen molar-refractivity contribution in [3.63, 3.8) is 0 Å². The summed E-state index contributed by atoms with van der Waals surface area (Å²) in [6, 6.07) is 30.0. The van der Waals surface area contributed by atoms with Crippen molar-refractivity contribution in [2.24, 2.45) is 5.92 Å². The number of rotatable bonds is 7. The number of fused-ring (bicyclic) bond motifs is 1. The molecule has 1 saturated heterocycles. The van der Waals surface area contributed by atoms with Gasteiger partial charge < -0.3 is 9.88 Å². The van der Waals surface area contributed by atoms with E-state index in [1.165, 1.54) is 27.7 Å². The van der Waals surface area contributed by atoms with Crippen LogP contribution in [0.1, 0.15) is 48.2 Å². The zero-order valence-corrected chi connectivity index (χ0v) is 20.8. The molecule has 5 rings (SSSR count). The molecule has 1 N–H and O–H groups in total. The third kappa shape index (κ3) is 5.49. The van der Waals surface area contributed by atoms with Crippen LogP contribution in [0.2, 0.25) is 0 Å². The van der Waals surface area contributed by atoms with Gasteiger partial charge in [0.2, 0.25) is 5.91 Å². The lowest BCUT2D eigenvalue weighted by molar-refractivity contribution is -0.127. The van der Waals surface area contributed by atoms with Gasteiger partial charge in [-0.3, -0.25) is 9.69 Å². The van der Waals surface area contributed by atoms with E-state index in [9.17, 15) is 4.79 Å². The molecule has 1 aliphatic rings. The normalized spacial score (nSPS) is 15.8. The molecule has 3 aromatic carbocycles. The lowest BCUT2D eigenvalue weighted by Crippen LogP contribution is -2.41. The van der Waals surface area contributed by atoms with Crippen molar-refractivity contribution < 1.29 is 4.79 Å². The van der Waals surface area contributed by atoms with Gasteiger partial charge in [-0.15, -0.1) is 0 Å². The molecule has 0 saturated carbocycles.